The molecule has 0 saturated heterocycles. The number of hydrogen-bond donors (Lipinski definition) is 1. The van der Waals surface area contributed by atoms with Crippen LogP contribution in [-0.2, 0) is 0 Å². The summed E-state index contributed by atoms with van der Waals surface area (Å²) < 4.78 is 0. The van der Waals surface area contributed by atoms with Crippen LogP contribution in [0.4, 0.5) is 5.82 Å². The largest absolute Gasteiger partial charge is 0.382 e. The van der Waals surface area contributed by atoms with E-state index in [-0.39, 0.29) is 0 Å². The summed E-state index contributed by atoms with van der Waals surface area (Å²) in [5, 5.41) is 0.378. The van der Waals surface area contributed by atoms with Crippen molar-refractivity contribution in [2.45, 2.75) is 13.8 Å². The van der Waals surface area contributed by atoms with Crippen molar-refractivity contribution in [3.63, 3.8) is 0 Å². The number of aryl methyl sites for hydroxylation is 2. The van der Waals surface area contributed by atoms with Crippen molar-refractivity contribution in [1.29, 1.82) is 0 Å². The second-order valence-electron chi connectivity index (χ2n) is 2.07. The minimum Gasteiger partial charge on any atom is -0.382 e. The van der Waals surface area contributed by atoms with Crippen molar-refractivity contribution in [3.8, 4) is 0 Å². The molecular weight excluding hydrogens is 150 g/mol. The summed E-state index contributed by atoms with van der Waals surface area (Å²) >= 11 is 5.63. The summed E-state index contributed by atoms with van der Waals surface area (Å²) in [5.41, 5.74) is 6.87. The molecule has 0 aromatic carbocycles. The topological polar surface area (TPSA) is 51.8 Å². The smallest absolute Gasteiger partial charge is 0.152 e. The van der Waals surface area contributed by atoms with Gasteiger partial charge in [-0.3, -0.25) is 4.98 Å². The third kappa shape index (κ3) is 1.19. The Labute approximate surface area is 64.2 Å². The first kappa shape index (κ1) is 7.28. The Hall–Kier alpha value is -0.830. The van der Waals surface area contributed by atoms with Crippen molar-refractivity contribution in [2.24, 2.45) is 0 Å². The van der Waals surface area contributed by atoms with Crippen molar-refractivity contribution in [3.05, 3.63) is 16.5 Å². The van der Waals surface area contributed by atoms with E-state index in [1.807, 2.05) is 0 Å². The van der Waals surface area contributed by atoms with E-state index >= 15 is 0 Å². The average molecular weight is 158 g/mol. The summed E-state index contributed by atoms with van der Waals surface area (Å²) in [7, 11) is 0. The lowest BCUT2D eigenvalue weighted by Crippen LogP contribution is -1.99. The van der Waals surface area contributed by atoms with Crippen molar-refractivity contribution in [1.82, 2.24) is 9.97 Å². The van der Waals surface area contributed by atoms with Crippen LogP contribution in [0.2, 0.25) is 5.15 Å². The lowest BCUT2D eigenvalue weighted by Gasteiger charge is -2.00. The Bertz CT molecular complexity index is 209. The Kier molecular flexibility index (Phi) is 1.76. The summed E-state index contributed by atoms with van der Waals surface area (Å²) in [6.07, 6.45) is 0. The first-order chi connectivity index (χ1) is 4.61. The fraction of sp³-hybridized carbons (Fsp3) is 0.333. The van der Waals surface area contributed by atoms with Gasteiger partial charge in [0.25, 0.3) is 0 Å². The number of aromatic nitrogens is 2. The Morgan fingerprint density at radius 2 is 1.80 bits per heavy atom. The van der Waals surface area contributed by atoms with E-state index in [0.717, 1.165) is 5.69 Å². The molecule has 54 valence electrons. The van der Waals surface area contributed by atoms with Gasteiger partial charge in [0.15, 0.2) is 5.15 Å². The van der Waals surface area contributed by atoms with Crippen molar-refractivity contribution < 1.29 is 0 Å². The van der Waals surface area contributed by atoms with Gasteiger partial charge in [0, 0.05) is 0 Å². The molecular formula is C6H8ClN3. The maximum Gasteiger partial charge on any atom is 0.152 e. The molecule has 0 amide bonds. The van der Waals surface area contributed by atoms with Crippen LogP contribution >= 0.6 is 11.6 Å². The fourth-order valence-electron chi connectivity index (χ4n) is 0.623. The fourth-order valence-corrected chi connectivity index (χ4v) is 0.756. The number of nitrogen functional groups attached to an aromatic ring is 1. The van der Waals surface area contributed by atoms with Crippen LogP contribution in [0.5, 0.6) is 0 Å². The minimum atomic E-state index is 0.378. The first-order valence-corrected chi connectivity index (χ1v) is 3.25. The number of hydrogen-bond acceptors (Lipinski definition) is 3. The molecule has 1 heterocycles. The number of nitrogens with zero attached hydrogens (tertiary/aromatic N) is 2. The molecule has 0 unspecified atom stereocenters. The maximum absolute atomic E-state index is 5.63. The van der Waals surface area contributed by atoms with Crippen LogP contribution < -0.4 is 5.73 Å². The molecule has 10 heavy (non-hydrogen) atoms. The monoisotopic (exact) mass is 157 g/mol. The third-order valence-electron chi connectivity index (χ3n) is 1.22. The van der Waals surface area contributed by atoms with E-state index in [9.17, 15) is 0 Å². The van der Waals surface area contributed by atoms with Crippen LogP contribution in [0.25, 0.3) is 0 Å². The van der Waals surface area contributed by atoms with Gasteiger partial charge < -0.3 is 5.73 Å². The van der Waals surface area contributed by atoms with Crippen molar-refractivity contribution in [2.75, 3.05) is 5.73 Å². The van der Waals surface area contributed by atoms with E-state index in [4.69, 9.17) is 17.3 Å². The molecule has 2 N–H and O–H groups in total. The van der Waals surface area contributed by atoms with Gasteiger partial charge in [0.2, 0.25) is 0 Å². The van der Waals surface area contributed by atoms with Gasteiger partial charge in [-0.05, 0) is 13.8 Å². The SMILES string of the molecule is Cc1nc(C)c(Cl)nc1N. The molecule has 0 aliphatic rings. The van der Waals surface area contributed by atoms with Crippen molar-refractivity contribution >= 4 is 17.4 Å². The summed E-state index contributed by atoms with van der Waals surface area (Å²) in [6.45, 7) is 3.59. The second-order valence-corrected chi connectivity index (χ2v) is 2.43. The van der Waals surface area contributed by atoms with E-state index in [1.165, 1.54) is 0 Å². The third-order valence-corrected chi connectivity index (χ3v) is 1.58. The first-order valence-electron chi connectivity index (χ1n) is 2.87. The number of nitrogens with two attached hydrogens (primary N) is 1. The highest BCUT2D eigenvalue weighted by atomic mass is 35.5. The molecule has 0 aliphatic heterocycles. The van der Waals surface area contributed by atoms with Gasteiger partial charge >= 0.3 is 0 Å². The van der Waals surface area contributed by atoms with Gasteiger partial charge in [0.05, 0.1) is 11.4 Å². The van der Waals surface area contributed by atoms with Gasteiger partial charge in [-0.25, -0.2) is 4.98 Å². The number of rotatable bonds is 0. The van der Waals surface area contributed by atoms with Crippen LogP contribution in [0.3, 0.4) is 0 Å². The van der Waals surface area contributed by atoms with Crippen LogP contribution in [-0.4, -0.2) is 9.97 Å². The van der Waals surface area contributed by atoms with E-state index in [2.05, 4.69) is 9.97 Å². The standard InChI is InChI=1S/C6H8ClN3/c1-3-5(7)10-6(8)4(2)9-3/h1-2H3,(H2,8,10). The molecule has 3 nitrogen and oxygen atoms in total. The van der Waals surface area contributed by atoms with Gasteiger partial charge in [-0.15, -0.1) is 0 Å². The van der Waals surface area contributed by atoms with E-state index < -0.39 is 0 Å². The normalized spacial score (nSPS) is 9.90. The summed E-state index contributed by atoms with van der Waals surface area (Å²) in [4.78, 5) is 7.91. The summed E-state index contributed by atoms with van der Waals surface area (Å²) in [5.74, 6) is 0.399. The second kappa shape index (κ2) is 2.42. The molecule has 0 bridgehead atoms. The molecule has 0 aliphatic carbocycles. The number of anilines is 1. The van der Waals surface area contributed by atoms with E-state index in [1.54, 1.807) is 13.8 Å². The predicted octanol–water partition coefficient (Wildman–Crippen LogP) is 1.33. The lowest BCUT2D eigenvalue weighted by molar-refractivity contribution is 1.06. The number of halogens is 1. The zero-order valence-electron chi connectivity index (χ0n) is 5.85. The Balaban J connectivity index is 3.28. The van der Waals surface area contributed by atoms with Gasteiger partial charge in [-0.1, -0.05) is 11.6 Å². The molecule has 4 heteroatoms. The molecule has 0 atom stereocenters. The molecule has 0 fully saturated rings. The van der Waals surface area contributed by atoms with E-state index in [0.29, 0.717) is 16.7 Å². The van der Waals surface area contributed by atoms with Crippen LogP contribution in [0, 0.1) is 13.8 Å². The molecule has 0 saturated carbocycles. The zero-order valence-corrected chi connectivity index (χ0v) is 6.61. The van der Waals surface area contributed by atoms with Gasteiger partial charge in [-0.2, -0.15) is 0 Å². The predicted molar refractivity (Wildman–Crippen MR) is 40.9 cm³/mol. The minimum absolute atomic E-state index is 0.378. The quantitative estimate of drug-likeness (QED) is 0.618. The highest BCUT2D eigenvalue weighted by molar-refractivity contribution is 6.30. The molecule has 1 aromatic rings. The summed E-state index contributed by atoms with van der Waals surface area (Å²) in [6, 6.07) is 0. The maximum atomic E-state index is 5.63. The Morgan fingerprint density at radius 1 is 1.20 bits per heavy atom. The highest BCUT2D eigenvalue weighted by Gasteiger charge is 2.01. The lowest BCUT2D eigenvalue weighted by atomic mass is 10.4. The molecule has 0 spiro atoms. The Morgan fingerprint density at radius 3 is 2.30 bits per heavy atom. The molecule has 1 rings (SSSR count). The average Bonchev–Trinajstić information content (AvgIpc) is 1.84. The molecule has 1 aromatic heterocycles. The van der Waals surface area contributed by atoms with Gasteiger partial charge in [0.1, 0.15) is 5.82 Å². The zero-order chi connectivity index (χ0) is 7.72. The highest BCUT2D eigenvalue weighted by Crippen LogP contribution is 2.13. The van der Waals surface area contributed by atoms with Crippen LogP contribution in [0.15, 0.2) is 0 Å². The molecule has 0 radical (unpaired) electrons. The van der Waals surface area contributed by atoms with Crippen LogP contribution in [0.1, 0.15) is 11.4 Å².